The van der Waals surface area contributed by atoms with Crippen LogP contribution in [0.4, 0.5) is 0 Å². The summed E-state index contributed by atoms with van der Waals surface area (Å²) < 4.78 is 25.8. The topological polar surface area (TPSA) is 74.7 Å². The third kappa shape index (κ3) is 3.92. The smallest absolute Gasteiger partial charge is 0.307 e. The van der Waals surface area contributed by atoms with E-state index in [0.29, 0.717) is 5.02 Å². The van der Waals surface area contributed by atoms with Crippen molar-refractivity contribution < 1.29 is 18.3 Å². The van der Waals surface area contributed by atoms with Gasteiger partial charge >= 0.3 is 5.97 Å². The Balaban J connectivity index is 3.02. The molecule has 1 aromatic carbocycles. The lowest BCUT2D eigenvalue weighted by Crippen LogP contribution is -2.36. The summed E-state index contributed by atoms with van der Waals surface area (Å²) in [6.45, 7) is 3.30. The Hall–Kier alpha value is -1.11. The molecule has 0 saturated carbocycles. The van der Waals surface area contributed by atoms with Crippen molar-refractivity contribution in [3.63, 3.8) is 0 Å². The van der Waals surface area contributed by atoms with E-state index in [0.717, 1.165) is 4.31 Å². The van der Waals surface area contributed by atoms with Gasteiger partial charge in [-0.25, -0.2) is 8.42 Å². The second-order valence-electron chi connectivity index (χ2n) is 4.15. The van der Waals surface area contributed by atoms with Gasteiger partial charge in [0.2, 0.25) is 10.0 Å². The number of hydrogen-bond acceptors (Lipinski definition) is 3. The van der Waals surface area contributed by atoms with Crippen molar-refractivity contribution in [2.75, 3.05) is 13.1 Å². The third-order valence-electron chi connectivity index (χ3n) is 2.70. The Kier molecular flexibility index (Phi) is 5.34. The quantitative estimate of drug-likeness (QED) is 0.873. The Morgan fingerprint density at radius 3 is 2.32 bits per heavy atom. The number of benzene rings is 1. The zero-order chi connectivity index (χ0) is 14.6. The number of rotatable bonds is 6. The zero-order valence-corrected chi connectivity index (χ0v) is 12.3. The molecule has 0 aliphatic heterocycles. The normalized spacial score (nSPS) is 13.5. The maximum atomic E-state index is 12.3. The fourth-order valence-electron chi connectivity index (χ4n) is 1.54. The summed E-state index contributed by atoms with van der Waals surface area (Å²) in [5, 5.41) is 9.31. The van der Waals surface area contributed by atoms with Crippen molar-refractivity contribution in [2.24, 2.45) is 5.92 Å². The minimum absolute atomic E-state index is 0.0587. The minimum atomic E-state index is -3.69. The van der Waals surface area contributed by atoms with Crippen LogP contribution >= 0.6 is 11.6 Å². The maximum Gasteiger partial charge on any atom is 0.307 e. The van der Waals surface area contributed by atoms with Gasteiger partial charge in [0.15, 0.2) is 0 Å². The van der Waals surface area contributed by atoms with E-state index in [9.17, 15) is 13.2 Å². The van der Waals surface area contributed by atoms with Crippen LogP contribution in [0.15, 0.2) is 29.2 Å². The summed E-state index contributed by atoms with van der Waals surface area (Å²) in [4.78, 5) is 10.9. The molecule has 1 atom stereocenters. The van der Waals surface area contributed by atoms with Crippen LogP contribution in [-0.2, 0) is 14.8 Å². The zero-order valence-electron chi connectivity index (χ0n) is 10.7. The molecule has 0 aliphatic carbocycles. The van der Waals surface area contributed by atoms with Crippen LogP contribution in [0.3, 0.4) is 0 Å². The lowest BCUT2D eigenvalue weighted by Gasteiger charge is -2.22. The van der Waals surface area contributed by atoms with Gasteiger partial charge in [-0.1, -0.05) is 25.4 Å². The van der Waals surface area contributed by atoms with Gasteiger partial charge < -0.3 is 5.11 Å². The van der Waals surface area contributed by atoms with Gasteiger partial charge in [0.25, 0.3) is 0 Å². The number of halogens is 1. The van der Waals surface area contributed by atoms with E-state index in [1.54, 1.807) is 6.92 Å². The van der Waals surface area contributed by atoms with Crippen molar-refractivity contribution in [3.8, 4) is 0 Å². The Morgan fingerprint density at radius 2 is 1.89 bits per heavy atom. The molecular weight excluding hydrogens is 290 g/mol. The minimum Gasteiger partial charge on any atom is -0.481 e. The van der Waals surface area contributed by atoms with E-state index >= 15 is 0 Å². The second kappa shape index (κ2) is 6.36. The van der Waals surface area contributed by atoms with Crippen LogP contribution in [0, 0.1) is 5.92 Å². The largest absolute Gasteiger partial charge is 0.481 e. The van der Waals surface area contributed by atoms with E-state index in [1.165, 1.54) is 31.2 Å². The van der Waals surface area contributed by atoms with Crippen molar-refractivity contribution in [2.45, 2.75) is 18.7 Å². The highest BCUT2D eigenvalue weighted by Crippen LogP contribution is 2.19. The number of sulfonamides is 1. The molecule has 1 unspecified atom stereocenters. The molecule has 19 heavy (non-hydrogen) atoms. The summed E-state index contributed by atoms with van der Waals surface area (Å²) in [7, 11) is -3.69. The standard InChI is InChI=1S/C12H16ClNO4S/c1-3-14(8-9(2)12(15)16)19(17,18)11-6-4-10(13)5-7-11/h4-7,9H,3,8H2,1-2H3,(H,15,16). The molecule has 0 aromatic heterocycles. The Labute approximate surface area is 117 Å². The number of aliphatic carboxylic acids is 1. The van der Waals surface area contributed by atoms with E-state index < -0.39 is 21.9 Å². The lowest BCUT2D eigenvalue weighted by molar-refractivity contribution is -0.141. The highest BCUT2D eigenvalue weighted by atomic mass is 35.5. The monoisotopic (exact) mass is 305 g/mol. The molecule has 1 N–H and O–H groups in total. The SMILES string of the molecule is CCN(CC(C)C(=O)O)S(=O)(=O)c1ccc(Cl)cc1. The van der Waals surface area contributed by atoms with Gasteiger partial charge in [0.1, 0.15) is 0 Å². The molecule has 0 amide bonds. The number of nitrogens with zero attached hydrogens (tertiary/aromatic N) is 1. The van der Waals surface area contributed by atoms with Crippen molar-refractivity contribution in [3.05, 3.63) is 29.3 Å². The molecule has 0 fully saturated rings. The molecule has 0 bridgehead atoms. The highest BCUT2D eigenvalue weighted by molar-refractivity contribution is 7.89. The van der Waals surface area contributed by atoms with Crippen LogP contribution < -0.4 is 0 Å². The summed E-state index contributed by atoms with van der Waals surface area (Å²) in [6, 6.07) is 5.79. The average Bonchev–Trinajstić information content (AvgIpc) is 2.35. The van der Waals surface area contributed by atoms with E-state index in [4.69, 9.17) is 16.7 Å². The molecule has 0 radical (unpaired) electrons. The second-order valence-corrected chi connectivity index (χ2v) is 6.52. The summed E-state index contributed by atoms with van der Waals surface area (Å²) in [5.74, 6) is -1.79. The van der Waals surface area contributed by atoms with Crippen molar-refractivity contribution in [1.82, 2.24) is 4.31 Å². The van der Waals surface area contributed by atoms with Gasteiger partial charge in [-0.3, -0.25) is 4.79 Å². The summed E-state index contributed by atoms with van der Waals surface area (Å²) >= 11 is 5.71. The first-order chi connectivity index (χ1) is 8.78. The van der Waals surface area contributed by atoms with Gasteiger partial charge in [0.05, 0.1) is 10.8 Å². The summed E-state index contributed by atoms with van der Waals surface area (Å²) in [5.41, 5.74) is 0. The number of carbonyl (C=O) groups is 1. The predicted molar refractivity (Wildman–Crippen MR) is 72.7 cm³/mol. The van der Waals surface area contributed by atoms with Crippen molar-refractivity contribution >= 4 is 27.6 Å². The number of hydrogen-bond donors (Lipinski definition) is 1. The van der Waals surface area contributed by atoms with Gasteiger partial charge in [-0.2, -0.15) is 4.31 Å². The molecule has 5 nitrogen and oxygen atoms in total. The molecular formula is C12H16ClNO4S. The first-order valence-corrected chi connectivity index (χ1v) is 7.59. The van der Waals surface area contributed by atoms with Crippen LogP contribution in [0.1, 0.15) is 13.8 Å². The molecule has 7 heteroatoms. The number of carboxylic acid groups (broad SMARTS) is 1. The van der Waals surface area contributed by atoms with E-state index in [1.807, 2.05) is 0 Å². The fourth-order valence-corrected chi connectivity index (χ4v) is 3.20. The maximum absolute atomic E-state index is 12.3. The third-order valence-corrected chi connectivity index (χ3v) is 4.91. The number of carboxylic acids is 1. The van der Waals surface area contributed by atoms with Crippen LogP contribution in [-0.4, -0.2) is 36.9 Å². The lowest BCUT2D eigenvalue weighted by atomic mass is 10.2. The first kappa shape index (κ1) is 15.9. The molecule has 0 spiro atoms. The molecule has 106 valence electrons. The predicted octanol–water partition coefficient (Wildman–Crippen LogP) is 2.07. The summed E-state index contributed by atoms with van der Waals surface area (Å²) in [6.07, 6.45) is 0. The average molecular weight is 306 g/mol. The van der Waals surface area contributed by atoms with Crippen LogP contribution in [0.25, 0.3) is 0 Å². The molecule has 1 aromatic rings. The molecule has 0 aliphatic rings. The van der Waals surface area contributed by atoms with Crippen LogP contribution in [0.2, 0.25) is 5.02 Å². The van der Waals surface area contributed by atoms with Crippen molar-refractivity contribution in [1.29, 1.82) is 0 Å². The van der Waals surface area contributed by atoms with Gasteiger partial charge in [-0.15, -0.1) is 0 Å². The van der Waals surface area contributed by atoms with Gasteiger partial charge in [-0.05, 0) is 24.3 Å². The molecule has 1 rings (SSSR count). The Bertz CT molecular complexity index is 541. The fraction of sp³-hybridized carbons (Fsp3) is 0.417. The molecule has 0 saturated heterocycles. The Morgan fingerprint density at radius 1 is 1.37 bits per heavy atom. The van der Waals surface area contributed by atoms with Gasteiger partial charge in [0, 0.05) is 18.1 Å². The van der Waals surface area contributed by atoms with E-state index in [-0.39, 0.29) is 18.0 Å². The van der Waals surface area contributed by atoms with E-state index in [2.05, 4.69) is 0 Å². The van der Waals surface area contributed by atoms with Crippen LogP contribution in [0.5, 0.6) is 0 Å². The molecule has 0 heterocycles. The first-order valence-electron chi connectivity index (χ1n) is 5.77. The highest BCUT2D eigenvalue weighted by Gasteiger charge is 2.26.